The highest BCUT2D eigenvalue weighted by atomic mass is 32.2. The van der Waals surface area contributed by atoms with Gasteiger partial charge in [0.1, 0.15) is 22.5 Å². The zero-order valence-electron chi connectivity index (χ0n) is 12.2. The topological polar surface area (TPSA) is 76.7 Å². The lowest BCUT2D eigenvalue weighted by atomic mass is 10.3. The molecule has 0 aliphatic heterocycles. The number of hydrogen-bond donors (Lipinski definition) is 2. The maximum atomic E-state index is 12.4. The lowest BCUT2D eigenvalue weighted by molar-refractivity contribution is -0.105. The number of hydrogen-bond acceptors (Lipinski definition) is 4. The molecule has 7 heteroatoms. The van der Waals surface area contributed by atoms with Crippen LogP contribution < -0.4 is 19.5 Å². The van der Waals surface area contributed by atoms with Crippen molar-refractivity contribution in [2.45, 2.75) is 4.90 Å². The second-order valence-electron chi connectivity index (χ2n) is 4.22. The molecule has 0 spiro atoms. The van der Waals surface area contributed by atoms with Crippen molar-refractivity contribution in [2.75, 3.05) is 24.3 Å². The predicted molar refractivity (Wildman–Crippen MR) is 85.7 cm³/mol. The highest BCUT2D eigenvalue weighted by molar-refractivity contribution is 7.86. The molecular formula is C15H16N2O4S. The standard InChI is InChI=1S/C15H16N2O4S/c1-20-12-5-8-15(21-2)14(9-12)17-22(19)13-6-3-11(4-7-13)16-10-18/h3-10,17H,1-2H3,(H,16,18). The van der Waals surface area contributed by atoms with Gasteiger partial charge in [0, 0.05) is 11.8 Å². The van der Waals surface area contributed by atoms with Crippen LogP contribution in [0.25, 0.3) is 0 Å². The molecule has 0 heterocycles. The van der Waals surface area contributed by atoms with Crippen molar-refractivity contribution in [3.63, 3.8) is 0 Å². The van der Waals surface area contributed by atoms with Crippen LogP contribution in [-0.2, 0) is 15.8 Å². The maximum absolute atomic E-state index is 12.4. The normalized spacial score (nSPS) is 11.4. The molecule has 2 aromatic carbocycles. The van der Waals surface area contributed by atoms with E-state index in [1.54, 1.807) is 49.6 Å². The van der Waals surface area contributed by atoms with Crippen LogP contribution in [0.3, 0.4) is 0 Å². The number of ether oxygens (including phenoxy) is 2. The number of anilines is 2. The number of amides is 1. The van der Waals surface area contributed by atoms with Crippen LogP contribution in [-0.4, -0.2) is 24.8 Å². The summed E-state index contributed by atoms with van der Waals surface area (Å²) in [7, 11) is 1.62. The summed E-state index contributed by atoms with van der Waals surface area (Å²) in [5.41, 5.74) is 1.20. The molecule has 0 aromatic heterocycles. The molecule has 1 unspecified atom stereocenters. The molecule has 1 atom stereocenters. The number of benzene rings is 2. The SMILES string of the molecule is COc1ccc(OC)c(NS(=O)c2ccc(NC=O)cc2)c1. The minimum Gasteiger partial charge on any atom is -0.497 e. The van der Waals surface area contributed by atoms with Gasteiger partial charge >= 0.3 is 0 Å². The largest absolute Gasteiger partial charge is 0.497 e. The zero-order chi connectivity index (χ0) is 15.9. The van der Waals surface area contributed by atoms with E-state index in [4.69, 9.17) is 9.47 Å². The molecule has 2 N–H and O–H groups in total. The van der Waals surface area contributed by atoms with E-state index in [-0.39, 0.29) is 0 Å². The minimum atomic E-state index is -1.47. The second kappa shape index (κ2) is 7.46. The first-order valence-corrected chi connectivity index (χ1v) is 7.53. The molecule has 0 radical (unpaired) electrons. The van der Waals surface area contributed by atoms with Gasteiger partial charge in [0.05, 0.1) is 24.8 Å². The van der Waals surface area contributed by atoms with Crippen molar-refractivity contribution in [1.82, 2.24) is 0 Å². The fraction of sp³-hybridized carbons (Fsp3) is 0.133. The molecule has 22 heavy (non-hydrogen) atoms. The van der Waals surface area contributed by atoms with E-state index in [9.17, 15) is 9.00 Å². The van der Waals surface area contributed by atoms with Gasteiger partial charge in [-0.15, -0.1) is 0 Å². The second-order valence-corrected chi connectivity index (χ2v) is 5.44. The molecule has 116 valence electrons. The lowest BCUT2D eigenvalue weighted by Crippen LogP contribution is -2.06. The molecule has 0 saturated carbocycles. The number of carbonyl (C=O) groups excluding carboxylic acids is 1. The Morgan fingerprint density at radius 2 is 1.77 bits per heavy atom. The average molecular weight is 320 g/mol. The first-order chi connectivity index (χ1) is 10.7. The van der Waals surface area contributed by atoms with Crippen molar-refractivity contribution >= 4 is 28.8 Å². The molecule has 0 saturated heterocycles. The molecule has 0 bridgehead atoms. The van der Waals surface area contributed by atoms with Gasteiger partial charge in [-0.1, -0.05) is 0 Å². The molecule has 0 fully saturated rings. The molecule has 2 aromatic rings. The molecule has 0 aliphatic carbocycles. The third-order valence-corrected chi connectivity index (χ3v) is 4.01. The Kier molecular flexibility index (Phi) is 5.37. The first-order valence-electron chi connectivity index (χ1n) is 6.38. The minimum absolute atomic E-state index is 0.563. The van der Waals surface area contributed by atoms with Crippen LogP contribution in [0.4, 0.5) is 11.4 Å². The van der Waals surface area contributed by atoms with E-state index in [1.165, 1.54) is 7.11 Å². The first kappa shape index (κ1) is 15.8. The monoisotopic (exact) mass is 320 g/mol. The van der Waals surface area contributed by atoms with Gasteiger partial charge in [-0.05, 0) is 36.4 Å². The van der Waals surface area contributed by atoms with Gasteiger partial charge in [0.25, 0.3) is 0 Å². The Morgan fingerprint density at radius 3 is 2.36 bits per heavy atom. The van der Waals surface area contributed by atoms with Gasteiger partial charge in [0.15, 0.2) is 0 Å². The number of carbonyl (C=O) groups is 1. The van der Waals surface area contributed by atoms with Crippen LogP contribution >= 0.6 is 0 Å². The Hall–Kier alpha value is -2.54. The van der Waals surface area contributed by atoms with E-state index >= 15 is 0 Å². The molecule has 1 amide bonds. The van der Waals surface area contributed by atoms with Gasteiger partial charge in [-0.25, -0.2) is 4.21 Å². The summed E-state index contributed by atoms with van der Waals surface area (Å²) in [6.45, 7) is 0. The van der Waals surface area contributed by atoms with Crippen LogP contribution in [0.15, 0.2) is 47.4 Å². The van der Waals surface area contributed by atoms with Crippen LogP contribution in [0, 0.1) is 0 Å². The summed E-state index contributed by atoms with van der Waals surface area (Å²) in [6, 6.07) is 11.9. The summed E-state index contributed by atoms with van der Waals surface area (Å²) in [5.74, 6) is 1.19. The molecule has 0 aliphatic rings. The fourth-order valence-corrected chi connectivity index (χ4v) is 2.66. The van der Waals surface area contributed by atoms with Crippen molar-refractivity contribution in [3.05, 3.63) is 42.5 Å². The van der Waals surface area contributed by atoms with E-state index in [1.807, 2.05) is 0 Å². The lowest BCUT2D eigenvalue weighted by Gasteiger charge is -2.12. The predicted octanol–water partition coefficient (Wildman–Crippen LogP) is 2.41. The number of nitrogens with one attached hydrogen (secondary N) is 2. The van der Waals surface area contributed by atoms with Gasteiger partial charge < -0.3 is 14.8 Å². The maximum Gasteiger partial charge on any atom is 0.211 e. The van der Waals surface area contributed by atoms with E-state index in [0.717, 1.165) is 0 Å². The quantitative estimate of drug-likeness (QED) is 0.768. The van der Waals surface area contributed by atoms with Gasteiger partial charge in [0.2, 0.25) is 6.41 Å². The Balaban J connectivity index is 2.19. The van der Waals surface area contributed by atoms with E-state index in [2.05, 4.69) is 10.0 Å². The number of methoxy groups -OCH3 is 2. The van der Waals surface area contributed by atoms with Crippen molar-refractivity contribution in [1.29, 1.82) is 0 Å². The van der Waals surface area contributed by atoms with Gasteiger partial charge in [-0.2, -0.15) is 0 Å². The third kappa shape index (κ3) is 3.76. The summed E-state index contributed by atoms with van der Waals surface area (Å²) >= 11 is 0. The summed E-state index contributed by atoms with van der Waals surface area (Å²) in [5, 5.41) is 2.52. The summed E-state index contributed by atoms with van der Waals surface area (Å²) in [4.78, 5) is 10.9. The summed E-state index contributed by atoms with van der Waals surface area (Å²) in [6.07, 6.45) is 0.589. The third-order valence-electron chi connectivity index (χ3n) is 2.90. The van der Waals surface area contributed by atoms with Crippen LogP contribution in [0.2, 0.25) is 0 Å². The van der Waals surface area contributed by atoms with E-state index < -0.39 is 11.0 Å². The van der Waals surface area contributed by atoms with Gasteiger partial charge in [-0.3, -0.25) is 9.52 Å². The molecular weight excluding hydrogens is 304 g/mol. The highest BCUT2D eigenvalue weighted by Crippen LogP contribution is 2.30. The fourth-order valence-electron chi connectivity index (χ4n) is 1.80. The molecule has 2 rings (SSSR count). The van der Waals surface area contributed by atoms with E-state index in [0.29, 0.717) is 34.2 Å². The number of rotatable bonds is 7. The summed E-state index contributed by atoms with van der Waals surface area (Å²) < 4.78 is 25.6. The highest BCUT2D eigenvalue weighted by Gasteiger charge is 2.10. The van der Waals surface area contributed by atoms with Crippen molar-refractivity contribution in [3.8, 4) is 11.5 Å². The Bertz CT molecular complexity index is 674. The zero-order valence-corrected chi connectivity index (χ0v) is 13.0. The van der Waals surface area contributed by atoms with Crippen LogP contribution in [0.5, 0.6) is 11.5 Å². The Morgan fingerprint density at radius 1 is 1.05 bits per heavy atom. The Labute approximate surface area is 131 Å². The van der Waals surface area contributed by atoms with Crippen molar-refractivity contribution < 1.29 is 18.5 Å². The average Bonchev–Trinajstić information content (AvgIpc) is 2.55. The smallest absolute Gasteiger partial charge is 0.211 e. The van der Waals surface area contributed by atoms with Crippen molar-refractivity contribution in [2.24, 2.45) is 0 Å². The molecule has 6 nitrogen and oxygen atoms in total. The van der Waals surface area contributed by atoms with Crippen LogP contribution in [0.1, 0.15) is 0 Å².